The van der Waals surface area contributed by atoms with Crippen LogP contribution in [0, 0.1) is 11.6 Å². The molecule has 0 bridgehead atoms. The van der Waals surface area contributed by atoms with Crippen molar-refractivity contribution in [1.82, 2.24) is 10.2 Å². The van der Waals surface area contributed by atoms with Crippen molar-refractivity contribution >= 4 is 27.5 Å². The van der Waals surface area contributed by atoms with Crippen LogP contribution < -0.4 is 9.62 Å². The van der Waals surface area contributed by atoms with Gasteiger partial charge in [-0.25, -0.2) is 17.2 Å². The maximum absolute atomic E-state index is 13.4. The fourth-order valence-corrected chi connectivity index (χ4v) is 4.28. The molecule has 0 saturated heterocycles. The standard InChI is InChI=1S/C24H31F2N3O4S/c1-4-6-15-27-24(31)22(5-2)28(16-18-7-9-19(25)10-8-18)23(30)17-29(34(3,32)33)21-13-11-20(26)12-14-21/h7-14,22H,4-6,15-17H2,1-3H3,(H,27,31). The Morgan fingerprint density at radius 2 is 1.53 bits per heavy atom. The number of benzene rings is 2. The molecule has 0 aromatic heterocycles. The molecular formula is C24H31F2N3O4S. The molecular weight excluding hydrogens is 464 g/mol. The minimum atomic E-state index is -3.89. The summed E-state index contributed by atoms with van der Waals surface area (Å²) in [6.45, 7) is 3.60. The Kier molecular flexibility index (Phi) is 9.97. The van der Waals surface area contributed by atoms with Gasteiger partial charge in [-0.05, 0) is 54.8 Å². The number of halogens is 2. The fraction of sp³-hybridized carbons (Fsp3) is 0.417. The van der Waals surface area contributed by atoms with Crippen LogP contribution in [0.2, 0.25) is 0 Å². The smallest absolute Gasteiger partial charge is 0.244 e. The summed E-state index contributed by atoms with van der Waals surface area (Å²) in [4.78, 5) is 27.6. The Balaban J connectivity index is 2.37. The first-order valence-corrected chi connectivity index (χ1v) is 13.0. The molecule has 1 unspecified atom stereocenters. The molecule has 1 N–H and O–H groups in total. The first-order valence-electron chi connectivity index (χ1n) is 11.1. The molecule has 2 rings (SSSR count). The summed E-state index contributed by atoms with van der Waals surface area (Å²) in [5, 5.41) is 2.82. The van der Waals surface area contributed by atoms with Crippen molar-refractivity contribution in [3.63, 3.8) is 0 Å². The normalized spacial score (nSPS) is 12.1. The van der Waals surface area contributed by atoms with E-state index in [1.54, 1.807) is 6.92 Å². The second kappa shape index (κ2) is 12.5. The molecule has 0 heterocycles. The monoisotopic (exact) mass is 495 g/mol. The number of nitrogens with zero attached hydrogens (tertiary/aromatic N) is 2. The largest absolute Gasteiger partial charge is 0.354 e. The van der Waals surface area contributed by atoms with Gasteiger partial charge in [-0.3, -0.25) is 13.9 Å². The number of anilines is 1. The van der Waals surface area contributed by atoms with Crippen molar-refractivity contribution < 1.29 is 26.8 Å². The highest BCUT2D eigenvalue weighted by atomic mass is 32.2. The minimum absolute atomic E-state index is 0.0141. The zero-order chi connectivity index (χ0) is 25.3. The molecule has 1 atom stereocenters. The van der Waals surface area contributed by atoms with Gasteiger partial charge in [-0.15, -0.1) is 0 Å². The van der Waals surface area contributed by atoms with E-state index in [2.05, 4.69) is 5.32 Å². The predicted molar refractivity (Wildman–Crippen MR) is 128 cm³/mol. The van der Waals surface area contributed by atoms with E-state index < -0.39 is 40.2 Å². The highest BCUT2D eigenvalue weighted by molar-refractivity contribution is 7.92. The molecule has 10 heteroatoms. The molecule has 34 heavy (non-hydrogen) atoms. The second-order valence-electron chi connectivity index (χ2n) is 7.96. The first-order chi connectivity index (χ1) is 16.1. The number of carbonyl (C=O) groups excluding carboxylic acids is 2. The average Bonchev–Trinajstić information content (AvgIpc) is 2.78. The lowest BCUT2D eigenvalue weighted by molar-refractivity contribution is -0.140. The number of amides is 2. The van der Waals surface area contributed by atoms with Crippen molar-refractivity contribution in [2.24, 2.45) is 0 Å². The molecule has 7 nitrogen and oxygen atoms in total. The van der Waals surface area contributed by atoms with E-state index in [0.717, 1.165) is 35.5 Å². The van der Waals surface area contributed by atoms with Crippen LogP contribution in [0.5, 0.6) is 0 Å². The minimum Gasteiger partial charge on any atom is -0.354 e. The van der Waals surface area contributed by atoms with E-state index in [4.69, 9.17) is 0 Å². The Labute approximate surface area is 199 Å². The molecule has 0 aliphatic heterocycles. The van der Waals surface area contributed by atoms with E-state index in [9.17, 15) is 26.8 Å². The van der Waals surface area contributed by atoms with Crippen LogP contribution in [-0.4, -0.2) is 50.5 Å². The molecule has 0 radical (unpaired) electrons. The lowest BCUT2D eigenvalue weighted by Crippen LogP contribution is -2.52. The molecule has 186 valence electrons. The highest BCUT2D eigenvalue weighted by Gasteiger charge is 2.31. The molecule has 0 aliphatic carbocycles. The van der Waals surface area contributed by atoms with E-state index in [1.807, 2.05) is 6.92 Å². The van der Waals surface area contributed by atoms with Gasteiger partial charge in [0.25, 0.3) is 0 Å². The lowest BCUT2D eigenvalue weighted by atomic mass is 10.1. The summed E-state index contributed by atoms with van der Waals surface area (Å²) < 4.78 is 52.5. The summed E-state index contributed by atoms with van der Waals surface area (Å²) >= 11 is 0. The van der Waals surface area contributed by atoms with Crippen LogP contribution in [0.3, 0.4) is 0 Å². The molecule has 2 aromatic rings. The van der Waals surface area contributed by atoms with E-state index in [-0.39, 0.29) is 18.1 Å². The van der Waals surface area contributed by atoms with Crippen LogP contribution in [0.1, 0.15) is 38.7 Å². The van der Waals surface area contributed by atoms with Crippen molar-refractivity contribution in [2.45, 2.75) is 45.7 Å². The Morgan fingerprint density at radius 1 is 0.971 bits per heavy atom. The van der Waals surface area contributed by atoms with Gasteiger partial charge in [0.2, 0.25) is 21.8 Å². The van der Waals surface area contributed by atoms with Gasteiger partial charge in [0.1, 0.15) is 24.2 Å². The number of carbonyl (C=O) groups is 2. The number of unbranched alkanes of at least 4 members (excludes halogenated alkanes) is 1. The van der Waals surface area contributed by atoms with Crippen molar-refractivity contribution in [1.29, 1.82) is 0 Å². The van der Waals surface area contributed by atoms with Crippen LogP contribution in [-0.2, 0) is 26.2 Å². The molecule has 2 aromatic carbocycles. The summed E-state index contributed by atoms with van der Waals surface area (Å²) in [6.07, 6.45) is 2.90. The van der Waals surface area contributed by atoms with Gasteiger partial charge in [0.15, 0.2) is 0 Å². The molecule has 0 fully saturated rings. The van der Waals surface area contributed by atoms with Gasteiger partial charge < -0.3 is 10.2 Å². The predicted octanol–water partition coefficient (Wildman–Crippen LogP) is 3.45. The maximum Gasteiger partial charge on any atom is 0.244 e. The number of nitrogens with one attached hydrogen (secondary N) is 1. The van der Waals surface area contributed by atoms with Crippen LogP contribution >= 0.6 is 0 Å². The number of hydrogen-bond donors (Lipinski definition) is 1. The zero-order valence-electron chi connectivity index (χ0n) is 19.6. The number of hydrogen-bond acceptors (Lipinski definition) is 4. The van der Waals surface area contributed by atoms with Crippen LogP contribution in [0.4, 0.5) is 14.5 Å². The quantitative estimate of drug-likeness (QED) is 0.457. The molecule has 0 aliphatic rings. The van der Waals surface area contributed by atoms with Gasteiger partial charge in [0, 0.05) is 13.1 Å². The van der Waals surface area contributed by atoms with Crippen LogP contribution in [0.15, 0.2) is 48.5 Å². The average molecular weight is 496 g/mol. The summed E-state index contributed by atoms with van der Waals surface area (Å²) in [5.41, 5.74) is 0.710. The Morgan fingerprint density at radius 3 is 2.03 bits per heavy atom. The third-order valence-electron chi connectivity index (χ3n) is 5.28. The van der Waals surface area contributed by atoms with E-state index in [0.29, 0.717) is 18.5 Å². The summed E-state index contributed by atoms with van der Waals surface area (Å²) in [7, 11) is -3.89. The van der Waals surface area contributed by atoms with E-state index >= 15 is 0 Å². The Bertz CT molecular complexity index is 1060. The van der Waals surface area contributed by atoms with Gasteiger partial charge in [-0.2, -0.15) is 0 Å². The topological polar surface area (TPSA) is 86.8 Å². The zero-order valence-corrected chi connectivity index (χ0v) is 20.4. The van der Waals surface area contributed by atoms with Crippen molar-refractivity contribution in [3.05, 3.63) is 65.7 Å². The van der Waals surface area contributed by atoms with Gasteiger partial charge >= 0.3 is 0 Å². The SMILES string of the molecule is CCCCNC(=O)C(CC)N(Cc1ccc(F)cc1)C(=O)CN(c1ccc(F)cc1)S(C)(=O)=O. The number of rotatable bonds is 12. The second-order valence-corrected chi connectivity index (χ2v) is 9.87. The first kappa shape index (κ1) is 27.2. The fourth-order valence-electron chi connectivity index (χ4n) is 3.43. The van der Waals surface area contributed by atoms with Crippen LogP contribution in [0.25, 0.3) is 0 Å². The lowest BCUT2D eigenvalue weighted by Gasteiger charge is -2.32. The summed E-state index contributed by atoms with van der Waals surface area (Å²) in [5.74, 6) is -1.95. The molecule has 2 amide bonds. The third kappa shape index (κ3) is 7.79. The van der Waals surface area contributed by atoms with Crippen molar-refractivity contribution in [2.75, 3.05) is 23.7 Å². The van der Waals surface area contributed by atoms with Gasteiger partial charge in [0.05, 0.1) is 11.9 Å². The third-order valence-corrected chi connectivity index (χ3v) is 6.42. The van der Waals surface area contributed by atoms with Gasteiger partial charge in [-0.1, -0.05) is 32.4 Å². The molecule has 0 spiro atoms. The van der Waals surface area contributed by atoms with E-state index in [1.165, 1.54) is 41.3 Å². The van der Waals surface area contributed by atoms with Crippen molar-refractivity contribution in [3.8, 4) is 0 Å². The maximum atomic E-state index is 13.4. The Hall–Kier alpha value is -3.01. The number of sulfonamides is 1. The summed E-state index contributed by atoms with van der Waals surface area (Å²) in [6, 6.07) is 9.39. The highest BCUT2D eigenvalue weighted by Crippen LogP contribution is 2.20. The molecule has 0 saturated carbocycles.